The molecule has 17 heavy (non-hydrogen) atoms. The predicted octanol–water partition coefficient (Wildman–Crippen LogP) is 2.20. The quantitative estimate of drug-likeness (QED) is 0.811. The van der Waals surface area contributed by atoms with Crippen LogP contribution in [0.25, 0.3) is 0 Å². The van der Waals surface area contributed by atoms with Crippen LogP contribution in [0.5, 0.6) is 0 Å². The number of nitrogen functional groups attached to an aromatic ring is 1. The van der Waals surface area contributed by atoms with E-state index in [0.29, 0.717) is 29.0 Å². The van der Waals surface area contributed by atoms with Crippen LogP contribution in [0.4, 0.5) is 11.4 Å². The maximum absolute atomic E-state index is 11.7. The van der Waals surface area contributed by atoms with Crippen LogP contribution in [0.3, 0.4) is 0 Å². The first-order chi connectivity index (χ1) is 7.90. The maximum atomic E-state index is 11.7. The summed E-state index contributed by atoms with van der Waals surface area (Å²) in [4.78, 5) is 13.7. The Bertz CT molecular complexity index is 407. The van der Waals surface area contributed by atoms with E-state index in [2.05, 4.69) is 5.32 Å². The minimum Gasteiger partial charge on any atom is -0.397 e. The lowest BCUT2D eigenvalue weighted by Gasteiger charge is -2.20. The van der Waals surface area contributed by atoms with Crippen LogP contribution in [-0.4, -0.2) is 30.4 Å². The van der Waals surface area contributed by atoms with E-state index in [1.807, 2.05) is 25.8 Å². The van der Waals surface area contributed by atoms with E-state index in [0.717, 1.165) is 0 Å². The van der Waals surface area contributed by atoms with Gasteiger partial charge in [0.15, 0.2) is 0 Å². The molecule has 4 nitrogen and oxygen atoms in total. The van der Waals surface area contributed by atoms with E-state index in [4.69, 9.17) is 17.3 Å². The summed E-state index contributed by atoms with van der Waals surface area (Å²) in [5.74, 6) is -0.102. The zero-order chi connectivity index (χ0) is 13.0. The Morgan fingerprint density at radius 3 is 2.76 bits per heavy atom. The standard InChI is InChI=1S/C12H18ClN3O/c1-8(2)16(3)7-12(17)15-11-6-9(13)4-5-10(11)14/h4-6,8H,7,14H2,1-3H3,(H,15,17). The normalized spacial score (nSPS) is 10.9. The summed E-state index contributed by atoms with van der Waals surface area (Å²) in [5.41, 5.74) is 6.81. The van der Waals surface area contributed by atoms with Gasteiger partial charge in [-0.1, -0.05) is 11.6 Å². The number of carbonyl (C=O) groups excluding carboxylic acids is 1. The highest BCUT2D eigenvalue weighted by molar-refractivity contribution is 6.31. The van der Waals surface area contributed by atoms with Crippen molar-refractivity contribution >= 4 is 28.9 Å². The van der Waals surface area contributed by atoms with E-state index < -0.39 is 0 Å². The molecule has 0 aliphatic rings. The Labute approximate surface area is 107 Å². The number of hydrogen-bond acceptors (Lipinski definition) is 3. The smallest absolute Gasteiger partial charge is 0.238 e. The lowest BCUT2D eigenvalue weighted by atomic mass is 10.2. The van der Waals surface area contributed by atoms with Gasteiger partial charge in [-0.05, 0) is 39.1 Å². The van der Waals surface area contributed by atoms with Crippen LogP contribution >= 0.6 is 11.6 Å². The molecule has 0 aliphatic carbocycles. The van der Waals surface area contributed by atoms with Gasteiger partial charge in [0.2, 0.25) is 5.91 Å². The second kappa shape index (κ2) is 5.89. The summed E-state index contributed by atoms with van der Waals surface area (Å²) in [6.45, 7) is 4.38. The topological polar surface area (TPSA) is 58.4 Å². The Balaban J connectivity index is 2.65. The van der Waals surface area contributed by atoms with Crippen LogP contribution in [0.15, 0.2) is 18.2 Å². The van der Waals surface area contributed by atoms with E-state index in [1.165, 1.54) is 0 Å². The molecular formula is C12H18ClN3O. The molecular weight excluding hydrogens is 238 g/mol. The lowest BCUT2D eigenvalue weighted by Crippen LogP contribution is -2.34. The van der Waals surface area contributed by atoms with E-state index >= 15 is 0 Å². The third-order valence-corrected chi connectivity index (χ3v) is 2.80. The van der Waals surface area contributed by atoms with Crippen LogP contribution in [-0.2, 0) is 4.79 Å². The third-order valence-electron chi connectivity index (χ3n) is 2.56. The van der Waals surface area contributed by atoms with E-state index in [9.17, 15) is 4.79 Å². The number of rotatable bonds is 4. The molecule has 0 saturated heterocycles. The van der Waals surface area contributed by atoms with Gasteiger partial charge in [-0.25, -0.2) is 0 Å². The van der Waals surface area contributed by atoms with Crippen LogP contribution in [0.1, 0.15) is 13.8 Å². The number of hydrogen-bond donors (Lipinski definition) is 2. The van der Waals surface area contributed by atoms with Crippen molar-refractivity contribution in [2.75, 3.05) is 24.6 Å². The molecule has 1 amide bonds. The highest BCUT2D eigenvalue weighted by atomic mass is 35.5. The Morgan fingerprint density at radius 2 is 2.18 bits per heavy atom. The fraction of sp³-hybridized carbons (Fsp3) is 0.417. The highest BCUT2D eigenvalue weighted by Crippen LogP contribution is 2.22. The van der Waals surface area contributed by atoms with Crippen molar-refractivity contribution in [1.29, 1.82) is 0 Å². The predicted molar refractivity (Wildman–Crippen MR) is 72.3 cm³/mol. The highest BCUT2D eigenvalue weighted by Gasteiger charge is 2.10. The molecule has 1 aromatic carbocycles. The number of carbonyl (C=O) groups is 1. The molecule has 94 valence electrons. The van der Waals surface area contributed by atoms with Gasteiger partial charge in [0.1, 0.15) is 0 Å². The van der Waals surface area contributed by atoms with Gasteiger partial charge in [-0.15, -0.1) is 0 Å². The molecule has 0 aromatic heterocycles. The van der Waals surface area contributed by atoms with Crippen LogP contribution in [0.2, 0.25) is 5.02 Å². The van der Waals surface area contributed by atoms with Crippen molar-refractivity contribution in [2.24, 2.45) is 0 Å². The first-order valence-electron chi connectivity index (χ1n) is 5.45. The number of nitrogens with one attached hydrogen (secondary N) is 1. The van der Waals surface area contributed by atoms with Gasteiger partial charge in [-0.3, -0.25) is 9.69 Å². The lowest BCUT2D eigenvalue weighted by molar-refractivity contribution is -0.117. The van der Waals surface area contributed by atoms with Gasteiger partial charge >= 0.3 is 0 Å². The van der Waals surface area contributed by atoms with E-state index in [-0.39, 0.29) is 5.91 Å². The number of anilines is 2. The minimum absolute atomic E-state index is 0.102. The average molecular weight is 256 g/mol. The molecule has 1 aromatic rings. The molecule has 0 saturated carbocycles. The summed E-state index contributed by atoms with van der Waals surface area (Å²) in [5, 5.41) is 3.29. The number of nitrogens with two attached hydrogens (primary N) is 1. The zero-order valence-corrected chi connectivity index (χ0v) is 11.1. The first kappa shape index (κ1) is 13.8. The number of amides is 1. The maximum Gasteiger partial charge on any atom is 0.238 e. The van der Waals surface area contributed by atoms with Gasteiger partial charge in [0, 0.05) is 11.1 Å². The molecule has 0 heterocycles. The Morgan fingerprint density at radius 1 is 1.53 bits per heavy atom. The number of likely N-dealkylation sites (N-methyl/N-ethyl adjacent to an activating group) is 1. The molecule has 0 fully saturated rings. The van der Waals surface area contributed by atoms with Crippen molar-refractivity contribution in [3.8, 4) is 0 Å². The zero-order valence-electron chi connectivity index (χ0n) is 10.3. The van der Waals surface area contributed by atoms with Crippen LogP contribution in [0, 0.1) is 0 Å². The monoisotopic (exact) mass is 255 g/mol. The third kappa shape index (κ3) is 4.24. The largest absolute Gasteiger partial charge is 0.397 e. The fourth-order valence-electron chi connectivity index (χ4n) is 1.24. The van der Waals surface area contributed by atoms with Crippen molar-refractivity contribution in [3.05, 3.63) is 23.2 Å². The van der Waals surface area contributed by atoms with Gasteiger partial charge in [0.05, 0.1) is 17.9 Å². The molecule has 1 rings (SSSR count). The molecule has 0 radical (unpaired) electrons. The molecule has 0 bridgehead atoms. The van der Waals surface area contributed by atoms with Crippen molar-refractivity contribution in [3.63, 3.8) is 0 Å². The van der Waals surface area contributed by atoms with E-state index in [1.54, 1.807) is 18.2 Å². The number of nitrogens with zero attached hydrogens (tertiary/aromatic N) is 1. The molecule has 0 unspecified atom stereocenters. The van der Waals surface area contributed by atoms with Gasteiger partial charge < -0.3 is 11.1 Å². The SMILES string of the molecule is CC(C)N(C)CC(=O)Nc1cc(Cl)ccc1N. The van der Waals surface area contributed by atoms with Crippen molar-refractivity contribution in [2.45, 2.75) is 19.9 Å². The molecule has 3 N–H and O–H groups in total. The Kier molecular flexibility index (Phi) is 4.78. The Hall–Kier alpha value is -1.26. The van der Waals surface area contributed by atoms with Gasteiger partial charge in [0.25, 0.3) is 0 Å². The second-order valence-electron chi connectivity index (χ2n) is 4.29. The summed E-state index contributed by atoms with van der Waals surface area (Å²) < 4.78 is 0. The fourth-order valence-corrected chi connectivity index (χ4v) is 1.41. The number of benzene rings is 1. The van der Waals surface area contributed by atoms with Crippen molar-refractivity contribution in [1.82, 2.24) is 4.90 Å². The molecule has 0 spiro atoms. The summed E-state index contributed by atoms with van der Waals surface area (Å²) in [7, 11) is 1.89. The summed E-state index contributed by atoms with van der Waals surface area (Å²) in [6, 6.07) is 5.32. The summed E-state index contributed by atoms with van der Waals surface area (Å²) >= 11 is 5.84. The van der Waals surface area contributed by atoms with Crippen LogP contribution < -0.4 is 11.1 Å². The first-order valence-corrected chi connectivity index (χ1v) is 5.83. The molecule has 0 aliphatic heterocycles. The van der Waals surface area contributed by atoms with Crippen molar-refractivity contribution < 1.29 is 4.79 Å². The average Bonchev–Trinajstić information content (AvgIpc) is 2.23. The van der Waals surface area contributed by atoms with Gasteiger partial charge in [-0.2, -0.15) is 0 Å². The second-order valence-corrected chi connectivity index (χ2v) is 4.73. The molecule has 0 atom stereocenters. The summed E-state index contributed by atoms with van der Waals surface area (Å²) in [6.07, 6.45) is 0. The molecule has 5 heteroatoms. The number of halogens is 1. The minimum atomic E-state index is -0.102.